The van der Waals surface area contributed by atoms with Crippen LogP contribution in [0.1, 0.15) is 12.0 Å². The molecule has 2 N–H and O–H groups in total. The van der Waals surface area contributed by atoms with Crippen LogP contribution < -0.4 is 15.5 Å². The minimum atomic E-state index is -0.622. The van der Waals surface area contributed by atoms with Crippen molar-refractivity contribution in [2.24, 2.45) is 0 Å². The molecular formula is C19H19N3O4. The number of nitrogens with zero attached hydrogens (tertiary/aromatic N) is 1. The molecule has 7 heteroatoms. The van der Waals surface area contributed by atoms with Crippen molar-refractivity contribution in [2.45, 2.75) is 19.4 Å². The molecule has 0 saturated carbocycles. The first-order chi connectivity index (χ1) is 12.5. The van der Waals surface area contributed by atoms with E-state index in [4.69, 9.17) is 0 Å². The number of carbonyl (C=O) groups excluding carboxylic acids is 3. The van der Waals surface area contributed by atoms with Crippen molar-refractivity contribution < 1.29 is 19.1 Å². The van der Waals surface area contributed by atoms with Crippen molar-refractivity contribution in [1.82, 2.24) is 0 Å². The normalized spacial score (nSPS) is 16.5. The fourth-order valence-corrected chi connectivity index (χ4v) is 2.73. The fourth-order valence-electron chi connectivity index (χ4n) is 2.73. The lowest BCUT2D eigenvalue weighted by Gasteiger charge is -2.16. The Bertz CT molecular complexity index is 831. The number of carbonyl (C=O) groups is 3. The Morgan fingerprint density at radius 3 is 2.27 bits per heavy atom. The highest BCUT2D eigenvalue weighted by Crippen LogP contribution is 2.25. The van der Waals surface area contributed by atoms with Gasteiger partial charge in [0.15, 0.2) is 0 Å². The van der Waals surface area contributed by atoms with E-state index >= 15 is 0 Å². The summed E-state index contributed by atoms with van der Waals surface area (Å²) >= 11 is 0. The molecule has 3 amide bonds. The number of hydrogen-bond acceptors (Lipinski definition) is 5. The number of hydrogen-bond donors (Lipinski definition) is 2. The molecule has 1 aliphatic heterocycles. The number of benzene rings is 2. The summed E-state index contributed by atoms with van der Waals surface area (Å²) in [5.41, 5.74) is 2.88. The molecule has 7 nitrogen and oxygen atoms in total. The van der Waals surface area contributed by atoms with Crippen molar-refractivity contribution in [3.8, 4) is 0 Å². The first-order valence-electron chi connectivity index (χ1n) is 8.13. The number of imide groups is 1. The van der Waals surface area contributed by atoms with E-state index < -0.39 is 12.1 Å². The maximum atomic E-state index is 12.6. The first-order valence-corrected chi connectivity index (χ1v) is 8.13. The molecule has 1 fully saturated rings. The zero-order valence-corrected chi connectivity index (χ0v) is 14.5. The summed E-state index contributed by atoms with van der Waals surface area (Å²) in [5.74, 6) is -0.518. The Kier molecular flexibility index (Phi) is 4.88. The van der Waals surface area contributed by atoms with Crippen LogP contribution in [0.4, 0.5) is 21.9 Å². The molecule has 1 atom stereocenters. The Labute approximate surface area is 150 Å². The average Bonchev–Trinajstić information content (AvgIpc) is 2.91. The number of methoxy groups -OCH3 is 1. The minimum Gasteiger partial charge on any atom is -0.453 e. The number of aryl methyl sites for hydroxylation is 1. The first kappa shape index (κ1) is 17.5. The maximum Gasteiger partial charge on any atom is 0.411 e. The number of nitrogens with one attached hydrogen (secondary N) is 2. The van der Waals surface area contributed by atoms with E-state index in [9.17, 15) is 14.4 Å². The molecule has 0 bridgehead atoms. The Hall–Kier alpha value is -3.35. The van der Waals surface area contributed by atoms with Gasteiger partial charge in [-0.1, -0.05) is 17.7 Å². The third kappa shape index (κ3) is 3.66. The lowest BCUT2D eigenvalue weighted by atomic mass is 10.2. The van der Waals surface area contributed by atoms with Crippen LogP contribution in [0.2, 0.25) is 0 Å². The molecule has 0 spiro atoms. The molecular weight excluding hydrogens is 334 g/mol. The van der Waals surface area contributed by atoms with E-state index in [1.165, 1.54) is 12.0 Å². The molecule has 134 valence electrons. The van der Waals surface area contributed by atoms with Crippen LogP contribution in [-0.2, 0) is 14.3 Å². The van der Waals surface area contributed by atoms with Gasteiger partial charge in [0, 0.05) is 11.4 Å². The number of amides is 3. The molecule has 0 radical (unpaired) electrons. The van der Waals surface area contributed by atoms with Gasteiger partial charge < -0.3 is 10.1 Å². The molecule has 0 aliphatic carbocycles. The van der Waals surface area contributed by atoms with E-state index in [0.29, 0.717) is 17.1 Å². The van der Waals surface area contributed by atoms with Gasteiger partial charge >= 0.3 is 6.09 Å². The summed E-state index contributed by atoms with van der Waals surface area (Å²) in [6.07, 6.45) is -0.467. The predicted molar refractivity (Wildman–Crippen MR) is 98.2 cm³/mol. The topological polar surface area (TPSA) is 87.7 Å². The van der Waals surface area contributed by atoms with Gasteiger partial charge in [-0.25, -0.2) is 9.69 Å². The van der Waals surface area contributed by atoms with Crippen LogP contribution in [0, 0.1) is 6.92 Å². The van der Waals surface area contributed by atoms with Gasteiger partial charge in [0.1, 0.15) is 6.04 Å². The molecule has 26 heavy (non-hydrogen) atoms. The van der Waals surface area contributed by atoms with Crippen LogP contribution in [0.15, 0.2) is 48.5 Å². The molecule has 3 rings (SSSR count). The Balaban J connectivity index is 1.69. The average molecular weight is 353 g/mol. The SMILES string of the molecule is COC(=O)Nc1ccc(NC2CC(=O)N(c3ccc(C)cc3)C2=O)cc1. The minimum absolute atomic E-state index is 0.0921. The highest BCUT2D eigenvalue weighted by Gasteiger charge is 2.39. The largest absolute Gasteiger partial charge is 0.453 e. The van der Waals surface area contributed by atoms with E-state index in [-0.39, 0.29) is 18.2 Å². The van der Waals surface area contributed by atoms with Gasteiger partial charge in [0.05, 0.1) is 19.2 Å². The highest BCUT2D eigenvalue weighted by atomic mass is 16.5. The summed E-state index contributed by atoms with van der Waals surface area (Å²) in [6.45, 7) is 1.94. The predicted octanol–water partition coefficient (Wildman–Crippen LogP) is 2.92. The quantitative estimate of drug-likeness (QED) is 0.825. The molecule has 1 saturated heterocycles. The summed E-state index contributed by atoms with van der Waals surface area (Å²) in [6, 6.07) is 13.4. The summed E-state index contributed by atoms with van der Waals surface area (Å²) < 4.78 is 4.53. The van der Waals surface area contributed by atoms with Crippen LogP contribution in [0.25, 0.3) is 0 Å². The number of anilines is 3. The molecule has 1 heterocycles. The highest BCUT2D eigenvalue weighted by molar-refractivity contribution is 6.23. The van der Waals surface area contributed by atoms with E-state index in [2.05, 4.69) is 15.4 Å². The number of ether oxygens (including phenoxy) is 1. The van der Waals surface area contributed by atoms with Gasteiger partial charge in [0.25, 0.3) is 5.91 Å². The van der Waals surface area contributed by atoms with E-state index in [0.717, 1.165) is 5.56 Å². The summed E-state index contributed by atoms with van der Waals surface area (Å²) in [4.78, 5) is 37.3. The van der Waals surface area contributed by atoms with Gasteiger partial charge in [0.2, 0.25) is 5.91 Å². The zero-order chi connectivity index (χ0) is 18.7. The second-order valence-electron chi connectivity index (χ2n) is 6.00. The van der Waals surface area contributed by atoms with Gasteiger partial charge in [-0.15, -0.1) is 0 Å². The molecule has 2 aromatic rings. The second-order valence-corrected chi connectivity index (χ2v) is 6.00. The van der Waals surface area contributed by atoms with Crippen LogP contribution in [-0.4, -0.2) is 31.1 Å². The van der Waals surface area contributed by atoms with Crippen molar-refractivity contribution in [2.75, 3.05) is 22.6 Å². The van der Waals surface area contributed by atoms with E-state index in [1.54, 1.807) is 36.4 Å². The van der Waals surface area contributed by atoms with Crippen molar-refractivity contribution in [3.05, 3.63) is 54.1 Å². The smallest absolute Gasteiger partial charge is 0.411 e. The van der Waals surface area contributed by atoms with Crippen LogP contribution in [0.3, 0.4) is 0 Å². The molecule has 1 unspecified atom stereocenters. The summed E-state index contributed by atoms with van der Waals surface area (Å²) in [7, 11) is 1.29. The third-order valence-corrected chi connectivity index (χ3v) is 4.10. The monoisotopic (exact) mass is 353 g/mol. The Morgan fingerprint density at radius 1 is 1.04 bits per heavy atom. The van der Waals surface area contributed by atoms with Crippen LogP contribution >= 0.6 is 0 Å². The standard InChI is InChI=1S/C19H19N3O4/c1-12-3-9-15(10-4-12)22-17(23)11-16(18(22)24)20-13-5-7-14(8-6-13)21-19(25)26-2/h3-10,16,20H,11H2,1-2H3,(H,21,25). The lowest BCUT2D eigenvalue weighted by molar-refractivity contribution is -0.121. The van der Waals surface area contributed by atoms with Crippen molar-refractivity contribution in [3.63, 3.8) is 0 Å². The van der Waals surface area contributed by atoms with Crippen molar-refractivity contribution in [1.29, 1.82) is 0 Å². The van der Waals surface area contributed by atoms with Gasteiger partial charge in [-0.2, -0.15) is 0 Å². The second kappa shape index (κ2) is 7.26. The summed E-state index contributed by atoms with van der Waals surface area (Å²) in [5, 5.41) is 5.61. The maximum absolute atomic E-state index is 12.6. The zero-order valence-electron chi connectivity index (χ0n) is 14.5. The van der Waals surface area contributed by atoms with Crippen LogP contribution in [0.5, 0.6) is 0 Å². The molecule has 1 aliphatic rings. The number of rotatable bonds is 4. The van der Waals surface area contributed by atoms with Gasteiger partial charge in [-0.3, -0.25) is 14.9 Å². The molecule has 2 aromatic carbocycles. The third-order valence-electron chi connectivity index (χ3n) is 4.10. The Morgan fingerprint density at radius 2 is 1.65 bits per heavy atom. The van der Waals surface area contributed by atoms with Gasteiger partial charge in [-0.05, 0) is 43.3 Å². The molecule has 0 aromatic heterocycles. The van der Waals surface area contributed by atoms with E-state index in [1.807, 2.05) is 19.1 Å². The van der Waals surface area contributed by atoms with Crippen molar-refractivity contribution >= 4 is 35.0 Å². The fraction of sp³-hybridized carbons (Fsp3) is 0.211. The lowest BCUT2D eigenvalue weighted by Crippen LogP contribution is -2.34.